The van der Waals surface area contributed by atoms with E-state index >= 15 is 0 Å². The molecular formula is C20H16ClN3O4. The number of anilines is 3. The van der Waals surface area contributed by atoms with Gasteiger partial charge in [0, 0.05) is 17.4 Å². The Kier molecular flexibility index (Phi) is 4.90. The van der Waals surface area contributed by atoms with Crippen LogP contribution in [0.4, 0.5) is 17.1 Å². The van der Waals surface area contributed by atoms with Crippen LogP contribution in [0, 0.1) is 0 Å². The van der Waals surface area contributed by atoms with Gasteiger partial charge < -0.3 is 24.8 Å². The van der Waals surface area contributed by atoms with Crippen LogP contribution in [-0.4, -0.2) is 24.8 Å². The van der Waals surface area contributed by atoms with Crippen LogP contribution < -0.4 is 24.8 Å². The molecule has 2 heterocycles. The molecular weight excluding hydrogens is 382 g/mol. The first kappa shape index (κ1) is 17.9. The minimum Gasteiger partial charge on any atom is -0.495 e. The molecule has 1 aromatic heterocycles. The molecule has 28 heavy (non-hydrogen) atoms. The van der Waals surface area contributed by atoms with E-state index < -0.39 is 0 Å². The molecule has 142 valence electrons. The van der Waals surface area contributed by atoms with Crippen LogP contribution in [0.1, 0.15) is 10.5 Å². The van der Waals surface area contributed by atoms with Gasteiger partial charge in [-0.2, -0.15) is 0 Å². The fourth-order valence-corrected chi connectivity index (χ4v) is 2.94. The number of methoxy groups -OCH3 is 1. The number of aromatic nitrogens is 1. The lowest BCUT2D eigenvalue weighted by Gasteiger charge is -2.09. The van der Waals surface area contributed by atoms with Gasteiger partial charge in [0.15, 0.2) is 11.5 Å². The highest BCUT2D eigenvalue weighted by Gasteiger charge is 2.14. The van der Waals surface area contributed by atoms with Crippen molar-refractivity contribution < 1.29 is 19.0 Å². The summed E-state index contributed by atoms with van der Waals surface area (Å²) in [7, 11) is 1.53. The monoisotopic (exact) mass is 397 g/mol. The molecule has 0 radical (unpaired) electrons. The summed E-state index contributed by atoms with van der Waals surface area (Å²) in [6, 6.07) is 14.0. The number of carbonyl (C=O) groups excluding carboxylic acids is 1. The van der Waals surface area contributed by atoms with E-state index in [1.54, 1.807) is 36.5 Å². The van der Waals surface area contributed by atoms with Gasteiger partial charge in [-0.05, 0) is 42.5 Å². The minimum atomic E-state index is -0.337. The predicted octanol–water partition coefficient (Wildman–Crippen LogP) is 4.47. The number of pyridine rings is 1. The van der Waals surface area contributed by atoms with Crippen LogP contribution in [0.3, 0.4) is 0 Å². The van der Waals surface area contributed by atoms with Crippen LogP contribution >= 0.6 is 11.6 Å². The zero-order valence-corrected chi connectivity index (χ0v) is 15.6. The van der Waals surface area contributed by atoms with Gasteiger partial charge >= 0.3 is 0 Å². The highest BCUT2D eigenvalue weighted by Crippen LogP contribution is 2.35. The number of hydrogen-bond donors (Lipinski definition) is 2. The lowest BCUT2D eigenvalue weighted by Crippen LogP contribution is -2.13. The zero-order chi connectivity index (χ0) is 19.5. The number of benzene rings is 2. The van der Waals surface area contributed by atoms with Crippen LogP contribution in [0.15, 0.2) is 54.7 Å². The van der Waals surface area contributed by atoms with E-state index in [-0.39, 0.29) is 18.4 Å². The van der Waals surface area contributed by atoms with Crippen LogP contribution in [0.25, 0.3) is 0 Å². The standard InChI is InChI=1S/C20H16ClN3O4/c1-26-17-6-3-12(8-15(17)21)24-20(25)16-5-2-14(10-22-16)23-13-4-7-18-19(9-13)28-11-27-18/h2-10,23H,11H2,1H3,(H,24,25). The van der Waals surface area contributed by atoms with Crippen molar-refractivity contribution in [3.8, 4) is 17.2 Å². The van der Waals surface area contributed by atoms with Crippen molar-refractivity contribution in [3.05, 3.63) is 65.4 Å². The summed E-state index contributed by atoms with van der Waals surface area (Å²) in [4.78, 5) is 16.6. The van der Waals surface area contributed by atoms with E-state index in [9.17, 15) is 4.79 Å². The molecule has 3 aromatic rings. The molecule has 2 aromatic carbocycles. The molecule has 0 bridgehead atoms. The van der Waals surface area contributed by atoms with Gasteiger partial charge in [-0.3, -0.25) is 4.79 Å². The third-order valence-corrected chi connectivity index (χ3v) is 4.36. The van der Waals surface area contributed by atoms with Crippen LogP contribution in [-0.2, 0) is 0 Å². The molecule has 0 spiro atoms. The van der Waals surface area contributed by atoms with Crippen molar-refractivity contribution in [2.75, 3.05) is 24.5 Å². The minimum absolute atomic E-state index is 0.226. The highest BCUT2D eigenvalue weighted by atomic mass is 35.5. The Hall–Kier alpha value is -3.45. The summed E-state index contributed by atoms with van der Waals surface area (Å²) in [5.74, 6) is 1.61. The predicted molar refractivity (Wildman–Crippen MR) is 106 cm³/mol. The summed E-state index contributed by atoms with van der Waals surface area (Å²) in [5, 5.41) is 6.38. The molecule has 4 rings (SSSR count). The first-order valence-electron chi connectivity index (χ1n) is 8.40. The topological polar surface area (TPSA) is 81.7 Å². The van der Waals surface area contributed by atoms with Crippen molar-refractivity contribution in [2.45, 2.75) is 0 Å². The molecule has 1 amide bonds. The average molecular weight is 398 g/mol. The molecule has 1 aliphatic rings. The van der Waals surface area contributed by atoms with Gasteiger partial charge in [-0.25, -0.2) is 4.98 Å². The Bertz CT molecular complexity index is 1020. The molecule has 0 saturated carbocycles. The Morgan fingerprint density at radius 3 is 2.57 bits per heavy atom. The average Bonchev–Trinajstić information content (AvgIpc) is 3.16. The second kappa shape index (κ2) is 7.66. The molecule has 1 aliphatic heterocycles. The van der Waals surface area contributed by atoms with E-state index in [2.05, 4.69) is 15.6 Å². The fourth-order valence-electron chi connectivity index (χ4n) is 2.68. The lowest BCUT2D eigenvalue weighted by atomic mass is 10.2. The number of nitrogens with zero attached hydrogens (tertiary/aromatic N) is 1. The Morgan fingerprint density at radius 2 is 1.82 bits per heavy atom. The van der Waals surface area contributed by atoms with E-state index in [1.807, 2.05) is 18.2 Å². The van der Waals surface area contributed by atoms with Crippen LogP contribution in [0.2, 0.25) is 5.02 Å². The lowest BCUT2D eigenvalue weighted by molar-refractivity contribution is 0.102. The summed E-state index contributed by atoms with van der Waals surface area (Å²) < 4.78 is 15.7. The first-order valence-corrected chi connectivity index (χ1v) is 8.78. The molecule has 0 saturated heterocycles. The molecule has 8 heteroatoms. The summed E-state index contributed by atoms with van der Waals surface area (Å²) >= 11 is 6.08. The molecule has 0 atom stereocenters. The molecule has 0 unspecified atom stereocenters. The van der Waals surface area contributed by atoms with E-state index in [0.29, 0.717) is 28.0 Å². The smallest absolute Gasteiger partial charge is 0.274 e. The normalized spacial score (nSPS) is 11.8. The number of fused-ring (bicyclic) bond motifs is 1. The number of nitrogens with one attached hydrogen (secondary N) is 2. The van der Waals surface area contributed by atoms with E-state index in [1.165, 1.54) is 7.11 Å². The second-order valence-corrected chi connectivity index (χ2v) is 6.34. The number of ether oxygens (including phenoxy) is 3. The van der Waals surface area contributed by atoms with Crippen LogP contribution in [0.5, 0.6) is 17.2 Å². The maximum Gasteiger partial charge on any atom is 0.274 e. The fraction of sp³-hybridized carbons (Fsp3) is 0.100. The zero-order valence-electron chi connectivity index (χ0n) is 14.9. The Morgan fingerprint density at radius 1 is 1.04 bits per heavy atom. The number of amides is 1. The van der Waals surface area contributed by atoms with Gasteiger partial charge in [0.05, 0.1) is 24.0 Å². The highest BCUT2D eigenvalue weighted by molar-refractivity contribution is 6.32. The molecule has 0 aliphatic carbocycles. The SMILES string of the molecule is COc1ccc(NC(=O)c2ccc(Nc3ccc4c(c3)OCO4)cn2)cc1Cl. The molecule has 2 N–H and O–H groups in total. The van der Waals surface area contributed by atoms with Gasteiger partial charge in [-0.15, -0.1) is 0 Å². The number of carbonyl (C=O) groups is 1. The number of rotatable bonds is 5. The summed E-state index contributed by atoms with van der Waals surface area (Å²) in [6.07, 6.45) is 1.58. The third kappa shape index (κ3) is 3.79. The largest absolute Gasteiger partial charge is 0.495 e. The van der Waals surface area contributed by atoms with Crippen molar-refractivity contribution in [3.63, 3.8) is 0 Å². The van der Waals surface area contributed by atoms with Crippen molar-refractivity contribution >= 4 is 34.6 Å². The van der Waals surface area contributed by atoms with Crippen molar-refractivity contribution in [1.29, 1.82) is 0 Å². The number of halogens is 1. The van der Waals surface area contributed by atoms with Crippen molar-refractivity contribution in [1.82, 2.24) is 4.98 Å². The van der Waals surface area contributed by atoms with Gasteiger partial charge in [-0.1, -0.05) is 11.6 Å². The summed E-state index contributed by atoms with van der Waals surface area (Å²) in [5.41, 5.74) is 2.40. The molecule has 7 nitrogen and oxygen atoms in total. The maximum atomic E-state index is 12.4. The second-order valence-electron chi connectivity index (χ2n) is 5.93. The Balaban J connectivity index is 1.42. The number of hydrogen-bond acceptors (Lipinski definition) is 6. The van der Waals surface area contributed by atoms with Crippen molar-refractivity contribution in [2.24, 2.45) is 0 Å². The quantitative estimate of drug-likeness (QED) is 0.661. The van der Waals surface area contributed by atoms with E-state index in [0.717, 1.165) is 11.4 Å². The first-order chi connectivity index (χ1) is 13.6. The summed E-state index contributed by atoms with van der Waals surface area (Å²) in [6.45, 7) is 0.226. The van der Waals surface area contributed by atoms with E-state index in [4.69, 9.17) is 25.8 Å². The third-order valence-electron chi connectivity index (χ3n) is 4.07. The van der Waals surface area contributed by atoms with Gasteiger partial charge in [0.2, 0.25) is 6.79 Å². The molecule has 0 fully saturated rings. The van der Waals surface area contributed by atoms with Gasteiger partial charge in [0.25, 0.3) is 5.91 Å². The Labute approximate surface area is 166 Å². The van der Waals surface area contributed by atoms with Gasteiger partial charge in [0.1, 0.15) is 11.4 Å². The maximum absolute atomic E-state index is 12.4.